The fourth-order valence-corrected chi connectivity index (χ4v) is 1.14. The van der Waals surface area contributed by atoms with Gasteiger partial charge in [-0.25, -0.2) is 4.98 Å². The Hall–Kier alpha value is -1.20. The molecular weight excluding hydrogens is 184 g/mol. The molecule has 1 rings (SSSR count). The summed E-state index contributed by atoms with van der Waals surface area (Å²) >= 11 is 0. The zero-order valence-corrected chi connectivity index (χ0v) is 8.36. The Morgan fingerprint density at radius 1 is 1.71 bits per heavy atom. The van der Waals surface area contributed by atoms with Gasteiger partial charge in [0.05, 0.1) is 18.5 Å². The lowest BCUT2D eigenvalue weighted by Crippen LogP contribution is -2.12. The van der Waals surface area contributed by atoms with E-state index in [0.717, 1.165) is 0 Å². The summed E-state index contributed by atoms with van der Waals surface area (Å²) in [5, 5.41) is 8.99. The second kappa shape index (κ2) is 4.88. The van der Waals surface area contributed by atoms with E-state index in [9.17, 15) is 4.79 Å². The number of Topliss-reactive ketones (excluding diaryl/α,β-unsaturated/α-hetero) is 1. The number of hydrogen-bond donors (Lipinski definition) is 1. The molecule has 14 heavy (non-hydrogen) atoms. The monoisotopic (exact) mass is 198 g/mol. The molecule has 0 aliphatic heterocycles. The first kappa shape index (κ1) is 10.9. The van der Waals surface area contributed by atoms with Crippen LogP contribution in [0.5, 0.6) is 0 Å². The normalized spacial score (nSPS) is 10.5. The molecule has 0 saturated carbocycles. The first-order valence-corrected chi connectivity index (χ1v) is 4.44. The number of carbonyl (C=O) groups is 1. The molecule has 0 aliphatic carbocycles. The lowest BCUT2D eigenvalue weighted by atomic mass is 10.4. The van der Waals surface area contributed by atoms with Crippen molar-refractivity contribution in [3.05, 3.63) is 17.7 Å². The highest BCUT2D eigenvalue weighted by Gasteiger charge is 2.12. The van der Waals surface area contributed by atoms with Crippen molar-refractivity contribution in [3.63, 3.8) is 0 Å². The van der Waals surface area contributed by atoms with Gasteiger partial charge in [-0.15, -0.1) is 0 Å². The molecule has 1 aromatic heterocycles. The largest absolute Gasteiger partial charge is 0.390 e. The first-order valence-electron chi connectivity index (χ1n) is 4.44. The smallest absolute Gasteiger partial charge is 0.195 e. The van der Waals surface area contributed by atoms with E-state index in [2.05, 4.69) is 4.98 Å². The van der Waals surface area contributed by atoms with Crippen LogP contribution in [0.4, 0.5) is 0 Å². The lowest BCUT2D eigenvalue weighted by molar-refractivity contribution is 0.0770. The number of aliphatic hydroxyl groups is 1. The molecule has 78 valence electrons. The molecule has 0 unspecified atom stereocenters. The van der Waals surface area contributed by atoms with Crippen LogP contribution in [-0.2, 0) is 18.1 Å². The van der Waals surface area contributed by atoms with Gasteiger partial charge in [0.2, 0.25) is 0 Å². The van der Waals surface area contributed by atoms with Crippen molar-refractivity contribution >= 4 is 5.78 Å². The van der Waals surface area contributed by atoms with Crippen LogP contribution in [-0.4, -0.2) is 27.0 Å². The molecule has 0 atom stereocenters. The molecule has 5 nitrogen and oxygen atoms in total. The Morgan fingerprint density at radius 3 is 2.93 bits per heavy atom. The third kappa shape index (κ3) is 2.18. The highest BCUT2D eigenvalue weighted by molar-refractivity contribution is 5.90. The van der Waals surface area contributed by atoms with Crippen molar-refractivity contribution in [2.45, 2.75) is 27.2 Å². The summed E-state index contributed by atoms with van der Waals surface area (Å²) in [5.41, 5.74) is 0.587. The van der Waals surface area contributed by atoms with Crippen LogP contribution in [0.15, 0.2) is 6.20 Å². The summed E-state index contributed by atoms with van der Waals surface area (Å²) in [7, 11) is 0. The average Bonchev–Trinajstić information content (AvgIpc) is 2.57. The highest BCUT2D eigenvalue weighted by atomic mass is 16.5. The Labute approximate surface area is 82.3 Å². The number of hydrogen-bond acceptors (Lipinski definition) is 4. The van der Waals surface area contributed by atoms with Crippen LogP contribution in [0.1, 0.15) is 30.2 Å². The SMILES string of the molecule is CCOCn1c(CO)cnc1C(C)=O. The summed E-state index contributed by atoms with van der Waals surface area (Å²) in [4.78, 5) is 15.1. The van der Waals surface area contributed by atoms with E-state index in [1.165, 1.54) is 13.1 Å². The third-order valence-corrected chi connectivity index (χ3v) is 1.84. The maximum absolute atomic E-state index is 11.1. The van der Waals surface area contributed by atoms with Gasteiger partial charge >= 0.3 is 0 Å². The van der Waals surface area contributed by atoms with E-state index in [1.54, 1.807) is 4.57 Å². The van der Waals surface area contributed by atoms with E-state index in [-0.39, 0.29) is 19.1 Å². The number of rotatable bonds is 5. The second-order valence-corrected chi connectivity index (χ2v) is 2.84. The fraction of sp³-hybridized carbons (Fsp3) is 0.556. The molecule has 0 radical (unpaired) electrons. The Balaban J connectivity index is 2.93. The maximum atomic E-state index is 11.1. The molecule has 1 aromatic rings. The quantitative estimate of drug-likeness (QED) is 0.702. The minimum Gasteiger partial charge on any atom is -0.390 e. The molecule has 0 saturated heterocycles. The van der Waals surface area contributed by atoms with Crippen molar-refractivity contribution < 1.29 is 14.6 Å². The molecule has 0 fully saturated rings. The van der Waals surface area contributed by atoms with Crippen LogP contribution >= 0.6 is 0 Å². The second-order valence-electron chi connectivity index (χ2n) is 2.84. The van der Waals surface area contributed by atoms with E-state index < -0.39 is 0 Å². The van der Waals surface area contributed by atoms with Crippen LogP contribution in [0.3, 0.4) is 0 Å². The standard InChI is InChI=1S/C9H14N2O3/c1-3-14-6-11-8(5-12)4-10-9(11)7(2)13/h4,12H,3,5-6H2,1-2H3. The minimum atomic E-state index is -0.145. The van der Waals surface area contributed by atoms with Crippen molar-refractivity contribution in [3.8, 4) is 0 Å². The molecule has 5 heteroatoms. The van der Waals surface area contributed by atoms with E-state index >= 15 is 0 Å². The van der Waals surface area contributed by atoms with Crippen molar-refractivity contribution in [1.29, 1.82) is 0 Å². The van der Waals surface area contributed by atoms with Gasteiger partial charge in [-0.3, -0.25) is 9.36 Å². The first-order chi connectivity index (χ1) is 6.70. The molecule has 1 heterocycles. The number of ketones is 1. The number of aromatic nitrogens is 2. The van der Waals surface area contributed by atoms with Gasteiger partial charge in [-0.05, 0) is 6.92 Å². The van der Waals surface area contributed by atoms with Crippen molar-refractivity contribution in [1.82, 2.24) is 9.55 Å². The van der Waals surface area contributed by atoms with Crippen LogP contribution in [0.25, 0.3) is 0 Å². The average molecular weight is 198 g/mol. The molecule has 0 aromatic carbocycles. The minimum absolute atomic E-state index is 0.135. The Kier molecular flexibility index (Phi) is 3.79. The Bertz CT molecular complexity index is 320. The van der Waals surface area contributed by atoms with Crippen molar-refractivity contribution in [2.75, 3.05) is 6.61 Å². The number of carbonyl (C=O) groups excluding carboxylic acids is 1. The van der Waals surface area contributed by atoms with Crippen LogP contribution in [0.2, 0.25) is 0 Å². The van der Waals surface area contributed by atoms with Gasteiger partial charge in [-0.2, -0.15) is 0 Å². The Morgan fingerprint density at radius 2 is 2.43 bits per heavy atom. The van der Waals surface area contributed by atoms with Gasteiger partial charge in [-0.1, -0.05) is 0 Å². The van der Waals surface area contributed by atoms with Gasteiger partial charge in [0.15, 0.2) is 11.6 Å². The summed E-state index contributed by atoms with van der Waals surface area (Å²) < 4.78 is 6.75. The van der Waals surface area contributed by atoms with Gasteiger partial charge in [0, 0.05) is 13.5 Å². The summed E-state index contributed by atoms with van der Waals surface area (Å²) in [6.07, 6.45) is 1.48. The number of nitrogens with zero attached hydrogens (tertiary/aromatic N) is 2. The summed E-state index contributed by atoms with van der Waals surface area (Å²) in [6, 6.07) is 0. The van der Waals surface area contributed by atoms with E-state index in [4.69, 9.17) is 9.84 Å². The summed E-state index contributed by atoms with van der Waals surface area (Å²) in [5.74, 6) is 0.187. The number of imidazole rings is 1. The molecule has 0 aliphatic rings. The fourth-order valence-electron chi connectivity index (χ4n) is 1.14. The zero-order valence-electron chi connectivity index (χ0n) is 8.36. The molecular formula is C9H14N2O3. The van der Waals surface area contributed by atoms with Gasteiger partial charge in [0.1, 0.15) is 6.73 Å². The van der Waals surface area contributed by atoms with Gasteiger partial charge in [0.25, 0.3) is 0 Å². The zero-order chi connectivity index (χ0) is 10.6. The lowest BCUT2D eigenvalue weighted by Gasteiger charge is -2.08. The maximum Gasteiger partial charge on any atom is 0.195 e. The van der Waals surface area contributed by atoms with E-state index in [0.29, 0.717) is 18.1 Å². The third-order valence-electron chi connectivity index (χ3n) is 1.84. The number of ether oxygens (including phenoxy) is 1. The van der Waals surface area contributed by atoms with Crippen molar-refractivity contribution in [2.24, 2.45) is 0 Å². The molecule has 0 spiro atoms. The van der Waals surface area contributed by atoms with Crippen LogP contribution < -0.4 is 0 Å². The molecule has 0 amide bonds. The highest BCUT2D eigenvalue weighted by Crippen LogP contribution is 2.06. The van der Waals surface area contributed by atoms with Crippen LogP contribution in [0, 0.1) is 0 Å². The number of aliphatic hydroxyl groups excluding tert-OH is 1. The molecule has 1 N–H and O–H groups in total. The summed E-state index contributed by atoms with van der Waals surface area (Å²) in [6.45, 7) is 3.96. The van der Waals surface area contributed by atoms with E-state index in [1.807, 2.05) is 6.92 Å². The molecule has 0 bridgehead atoms. The predicted octanol–water partition coefficient (Wildman–Crippen LogP) is 0.572. The van der Waals surface area contributed by atoms with Gasteiger partial charge < -0.3 is 9.84 Å². The predicted molar refractivity (Wildman–Crippen MR) is 49.8 cm³/mol. The topological polar surface area (TPSA) is 64.3 Å².